The molecule has 1 aromatic heterocycles. The molecule has 4 nitrogen and oxygen atoms in total. The third kappa shape index (κ3) is 3.55. The zero-order valence-corrected chi connectivity index (χ0v) is 15.8. The van der Waals surface area contributed by atoms with Gasteiger partial charge in [0, 0.05) is 16.1 Å². The summed E-state index contributed by atoms with van der Waals surface area (Å²) in [6, 6.07) is 13.3. The molecule has 0 N–H and O–H groups in total. The molecule has 132 valence electrons. The van der Waals surface area contributed by atoms with Crippen LogP contribution in [0.3, 0.4) is 0 Å². The van der Waals surface area contributed by atoms with E-state index in [2.05, 4.69) is 16.3 Å². The summed E-state index contributed by atoms with van der Waals surface area (Å²) in [5, 5.41) is 8.78. The van der Waals surface area contributed by atoms with E-state index in [0.717, 1.165) is 24.0 Å². The first-order valence-corrected chi connectivity index (χ1v) is 9.78. The van der Waals surface area contributed by atoms with Crippen molar-refractivity contribution in [2.24, 2.45) is 0 Å². The molecule has 6 heteroatoms. The van der Waals surface area contributed by atoms with Crippen LogP contribution in [0, 0.1) is 0 Å². The van der Waals surface area contributed by atoms with Crippen LogP contribution in [-0.2, 0) is 12.8 Å². The maximum Gasteiger partial charge on any atom is 0.277 e. The molecule has 3 aromatic rings. The van der Waals surface area contributed by atoms with Gasteiger partial charge in [-0.3, -0.25) is 4.79 Å². The highest BCUT2D eigenvalue weighted by atomic mass is 35.5. The van der Waals surface area contributed by atoms with Crippen LogP contribution in [-0.4, -0.2) is 21.2 Å². The molecule has 4 rings (SSSR count). The number of benzene rings is 2. The Morgan fingerprint density at radius 1 is 1.15 bits per heavy atom. The normalized spacial score (nSPS) is 14.2. The number of fused-ring (bicyclic) bond motifs is 1. The Hall–Kier alpha value is -2.11. The minimum Gasteiger partial charge on any atom is -0.411 e. The van der Waals surface area contributed by atoms with Crippen LogP contribution < -0.4 is 0 Å². The molecule has 0 spiro atoms. The Kier molecular flexibility index (Phi) is 4.83. The number of aromatic nitrogens is 2. The lowest BCUT2D eigenvalue weighted by atomic mass is 10.0. The smallest absolute Gasteiger partial charge is 0.277 e. The van der Waals surface area contributed by atoms with Crippen LogP contribution >= 0.6 is 23.4 Å². The number of aryl methyl sites for hydroxylation is 2. The van der Waals surface area contributed by atoms with Gasteiger partial charge >= 0.3 is 0 Å². The minimum atomic E-state index is -0.304. The van der Waals surface area contributed by atoms with Crippen molar-refractivity contribution in [1.29, 1.82) is 0 Å². The summed E-state index contributed by atoms with van der Waals surface area (Å²) in [5.41, 5.74) is 4.17. The molecule has 0 fully saturated rings. The van der Waals surface area contributed by atoms with Gasteiger partial charge in [0.15, 0.2) is 5.78 Å². The number of thioether (sulfide) groups is 1. The molecule has 1 aliphatic rings. The van der Waals surface area contributed by atoms with E-state index in [1.165, 1.54) is 29.3 Å². The Morgan fingerprint density at radius 2 is 2.00 bits per heavy atom. The van der Waals surface area contributed by atoms with E-state index in [4.69, 9.17) is 16.0 Å². The topological polar surface area (TPSA) is 56.0 Å². The second kappa shape index (κ2) is 7.25. The molecule has 1 heterocycles. The van der Waals surface area contributed by atoms with Crippen molar-refractivity contribution in [1.82, 2.24) is 10.2 Å². The number of ketones is 1. The predicted molar refractivity (Wildman–Crippen MR) is 103 cm³/mol. The van der Waals surface area contributed by atoms with Crippen LogP contribution in [0.1, 0.15) is 34.8 Å². The van der Waals surface area contributed by atoms with Crippen LogP contribution in [0.25, 0.3) is 11.5 Å². The number of carbonyl (C=O) groups is 1. The van der Waals surface area contributed by atoms with Gasteiger partial charge in [-0.15, -0.1) is 10.2 Å². The standard InChI is InChI=1S/C20H17ClN2O2S/c1-12(18(24)15-9-8-13-4-2-5-14(13)10-15)26-20-23-22-19(25-20)16-6-3-7-17(21)11-16/h3,6-12H,2,4-5H2,1H3. The number of rotatable bonds is 5. The maximum absolute atomic E-state index is 12.7. The van der Waals surface area contributed by atoms with Gasteiger partial charge in [0.05, 0.1) is 5.25 Å². The molecule has 26 heavy (non-hydrogen) atoms. The van der Waals surface area contributed by atoms with E-state index >= 15 is 0 Å². The SMILES string of the molecule is CC(Sc1nnc(-c2cccc(Cl)c2)o1)C(=O)c1ccc2c(c1)CCC2. The van der Waals surface area contributed by atoms with Crippen molar-refractivity contribution in [2.75, 3.05) is 0 Å². The third-order valence-electron chi connectivity index (χ3n) is 4.51. The Labute approximate surface area is 161 Å². The highest BCUT2D eigenvalue weighted by Gasteiger charge is 2.22. The molecule has 1 aliphatic carbocycles. The number of hydrogen-bond donors (Lipinski definition) is 0. The van der Waals surface area contributed by atoms with Crippen molar-refractivity contribution in [3.63, 3.8) is 0 Å². The van der Waals surface area contributed by atoms with Crippen molar-refractivity contribution >= 4 is 29.1 Å². The van der Waals surface area contributed by atoms with Crippen LogP contribution in [0.2, 0.25) is 5.02 Å². The molecular formula is C20H17ClN2O2S. The van der Waals surface area contributed by atoms with E-state index < -0.39 is 0 Å². The molecule has 0 saturated carbocycles. The summed E-state index contributed by atoms with van der Waals surface area (Å²) in [5.74, 6) is 0.472. The zero-order chi connectivity index (χ0) is 18.1. The molecule has 1 atom stereocenters. The molecule has 0 radical (unpaired) electrons. The average molecular weight is 385 g/mol. The molecule has 0 bridgehead atoms. The molecule has 0 aliphatic heterocycles. The van der Waals surface area contributed by atoms with Gasteiger partial charge in [0.25, 0.3) is 5.22 Å². The maximum atomic E-state index is 12.7. The van der Waals surface area contributed by atoms with Gasteiger partial charge in [-0.25, -0.2) is 0 Å². The van der Waals surface area contributed by atoms with E-state index in [-0.39, 0.29) is 11.0 Å². The van der Waals surface area contributed by atoms with E-state index in [9.17, 15) is 4.79 Å². The number of halogens is 1. The summed E-state index contributed by atoms with van der Waals surface area (Å²) < 4.78 is 5.69. The van der Waals surface area contributed by atoms with Crippen LogP contribution in [0.4, 0.5) is 0 Å². The monoisotopic (exact) mass is 384 g/mol. The third-order valence-corrected chi connectivity index (χ3v) is 5.68. The van der Waals surface area contributed by atoms with Gasteiger partial charge < -0.3 is 4.42 Å². The van der Waals surface area contributed by atoms with E-state index in [1.54, 1.807) is 12.1 Å². The summed E-state index contributed by atoms with van der Waals surface area (Å²) >= 11 is 7.27. The fraction of sp³-hybridized carbons (Fsp3) is 0.250. The van der Waals surface area contributed by atoms with Gasteiger partial charge in [-0.05, 0) is 61.6 Å². The first kappa shape index (κ1) is 17.3. The van der Waals surface area contributed by atoms with Crippen molar-refractivity contribution in [3.8, 4) is 11.5 Å². The Bertz CT molecular complexity index is 970. The first-order chi connectivity index (χ1) is 12.6. The lowest BCUT2D eigenvalue weighted by Gasteiger charge is -2.09. The Balaban J connectivity index is 1.48. The van der Waals surface area contributed by atoms with Crippen molar-refractivity contribution in [2.45, 2.75) is 36.7 Å². The Morgan fingerprint density at radius 3 is 2.85 bits per heavy atom. The fourth-order valence-electron chi connectivity index (χ4n) is 3.16. The lowest BCUT2D eigenvalue weighted by molar-refractivity contribution is 0.0993. The van der Waals surface area contributed by atoms with Gasteiger partial charge in [0.2, 0.25) is 5.89 Å². The van der Waals surface area contributed by atoms with Gasteiger partial charge in [0.1, 0.15) is 0 Å². The van der Waals surface area contributed by atoms with Crippen LogP contribution in [0.15, 0.2) is 52.1 Å². The number of Topliss-reactive ketones (excluding diaryl/α,β-unsaturated/α-hetero) is 1. The molecule has 1 unspecified atom stereocenters. The number of hydrogen-bond acceptors (Lipinski definition) is 5. The second-order valence-corrected chi connectivity index (χ2v) is 8.07. The van der Waals surface area contributed by atoms with Gasteiger partial charge in [-0.1, -0.05) is 41.6 Å². The van der Waals surface area contributed by atoms with Crippen LogP contribution in [0.5, 0.6) is 0 Å². The lowest BCUT2D eigenvalue weighted by Crippen LogP contribution is -2.13. The number of nitrogens with zero attached hydrogens (tertiary/aromatic N) is 2. The zero-order valence-electron chi connectivity index (χ0n) is 14.2. The average Bonchev–Trinajstić information content (AvgIpc) is 3.29. The summed E-state index contributed by atoms with van der Waals surface area (Å²) in [6.07, 6.45) is 3.35. The van der Waals surface area contributed by atoms with E-state index in [0.29, 0.717) is 16.1 Å². The predicted octanol–water partition coefficient (Wildman–Crippen LogP) is 5.24. The van der Waals surface area contributed by atoms with Crippen molar-refractivity contribution in [3.05, 3.63) is 64.2 Å². The summed E-state index contributed by atoms with van der Waals surface area (Å²) in [4.78, 5) is 12.7. The number of carbonyl (C=O) groups excluding carboxylic acids is 1. The highest BCUT2D eigenvalue weighted by Crippen LogP contribution is 2.30. The minimum absolute atomic E-state index is 0.0761. The summed E-state index contributed by atoms with van der Waals surface area (Å²) in [7, 11) is 0. The molecular weight excluding hydrogens is 368 g/mol. The fourth-order valence-corrected chi connectivity index (χ4v) is 4.11. The second-order valence-electron chi connectivity index (χ2n) is 6.34. The largest absolute Gasteiger partial charge is 0.411 e. The first-order valence-electron chi connectivity index (χ1n) is 8.52. The summed E-state index contributed by atoms with van der Waals surface area (Å²) in [6.45, 7) is 1.86. The molecule has 0 saturated heterocycles. The van der Waals surface area contributed by atoms with Gasteiger partial charge in [-0.2, -0.15) is 0 Å². The quantitative estimate of drug-likeness (QED) is 0.444. The van der Waals surface area contributed by atoms with Crippen molar-refractivity contribution < 1.29 is 9.21 Å². The molecule has 2 aromatic carbocycles. The molecule has 0 amide bonds. The highest BCUT2D eigenvalue weighted by molar-refractivity contribution is 8.00. The van der Waals surface area contributed by atoms with E-state index in [1.807, 2.05) is 31.2 Å².